The molecule has 0 aliphatic heterocycles. The molecule has 2 rings (SSSR count). The summed E-state index contributed by atoms with van der Waals surface area (Å²) in [6.07, 6.45) is -1.06. The lowest BCUT2D eigenvalue weighted by Crippen LogP contribution is -2.30. The Morgan fingerprint density at radius 1 is 1.21 bits per heavy atom. The molecule has 0 bridgehead atoms. The van der Waals surface area contributed by atoms with Gasteiger partial charge in [0.2, 0.25) is 0 Å². The maximum absolute atomic E-state index is 12.1. The number of hydrogen-bond acceptors (Lipinski definition) is 5. The van der Waals surface area contributed by atoms with Gasteiger partial charge in [-0.1, -0.05) is 17.7 Å². The van der Waals surface area contributed by atoms with E-state index < -0.39 is 18.0 Å². The highest BCUT2D eigenvalue weighted by atomic mass is 35.5. The first-order chi connectivity index (χ1) is 11.4. The maximum atomic E-state index is 12.1. The number of ether oxygens (including phenoxy) is 2. The van der Waals surface area contributed by atoms with E-state index in [1.807, 2.05) is 0 Å². The molecule has 0 aromatic heterocycles. The van der Waals surface area contributed by atoms with Gasteiger partial charge >= 0.3 is 5.97 Å². The summed E-state index contributed by atoms with van der Waals surface area (Å²) < 4.78 is 10.0. The molecule has 0 heterocycles. The molecule has 24 heavy (non-hydrogen) atoms. The van der Waals surface area contributed by atoms with Gasteiger partial charge in [-0.2, -0.15) is 0 Å². The zero-order chi connectivity index (χ0) is 17.7. The van der Waals surface area contributed by atoms with Crippen molar-refractivity contribution < 1.29 is 24.2 Å². The van der Waals surface area contributed by atoms with Crippen LogP contribution in [0.4, 0.5) is 5.69 Å². The first kappa shape index (κ1) is 17.6. The molecule has 2 aromatic carbocycles. The highest BCUT2D eigenvalue weighted by molar-refractivity contribution is 6.30. The standard InChI is InChI=1S/C17H16ClNO5/c1-10(16(21)19-12-5-3-4-11(18)8-12)24-17(22)14-7-6-13(23-2)9-15(14)20/h3-10,20H,1-2H3,(H,19,21)/t10-/m1/s1. The molecule has 0 saturated heterocycles. The van der Waals surface area contributed by atoms with Gasteiger partial charge in [-0.05, 0) is 37.3 Å². The highest BCUT2D eigenvalue weighted by Crippen LogP contribution is 2.24. The number of benzene rings is 2. The van der Waals surface area contributed by atoms with Gasteiger partial charge in [-0.15, -0.1) is 0 Å². The maximum Gasteiger partial charge on any atom is 0.342 e. The van der Waals surface area contributed by atoms with Crippen LogP contribution in [0.25, 0.3) is 0 Å². The van der Waals surface area contributed by atoms with Crippen LogP contribution < -0.4 is 10.1 Å². The summed E-state index contributed by atoms with van der Waals surface area (Å²) in [4.78, 5) is 24.1. The van der Waals surface area contributed by atoms with E-state index in [-0.39, 0.29) is 11.3 Å². The van der Waals surface area contributed by atoms with Crippen LogP contribution in [0.5, 0.6) is 11.5 Å². The monoisotopic (exact) mass is 349 g/mol. The SMILES string of the molecule is COc1ccc(C(=O)O[C@H](C)C(=O)Nc2cccc(Cl)c2)c(O)c1. The Bertz CT molecular complexity index is 762. The third-order valence-corrected chi connectivity index (χ3v) is 3.41. The number of aromatic hydroxyl groups is 1. The van der Waals surface area contributed by atoms with Crippen molar-refractivity contribution in [3.05, 3.63) is 53.1 Å². The van der Waals surface area contributed by atoms with E-state index in [1.54, 1.807) is 24.3 Å². The third-order valence-electron chi connectivity index (χ3n) is 3.17. The van der Waals surface area contributed by atoms with Crippen molar-refractivity contribution >= 4 is 29.2 Å². The molecule has 1 atom stereocenters. The summed E-state index contributed by atoms with van der Waals surface area (Å²) in [5, 5.41) is 12.9. The first-order valence-electron chi connectivity index (χ1n) is 7.05. The average Bonchev–Trinajstić information content (AvgIpc) is 2.54. The van der Waals surface area contributed by atoms with Crippen LogP contribution in [-0.2, 0) is 9.53 Å². The fourth-order valence-electron chi connectivity index (χ4n) is 1.90. The Labute approximate surface area is 144 Å². The second-order valence-corrected chi connectivity index (χ2v) is 5.37. The van der Waals surface area contributed by atoms with Gasteiger partial charge in [0.25, 0.3) is 5.91 Å². The van der Waals surface area contributed by atoms with Crippen LogP contribution in [-0.4, -0.2) is 30.2 Å². The van der Waals surface area contributed by atoms with E-state index in [0.717, 1.165) is 0 Å². The Morgan fingerprint density at radius 3 is 2.58 bits per heavy atom. The summed E-state index contributed by atoms with van der Waals surface area (Å²) in [5.41, 5.74) is 0.431. The lowest BCUT2D eigenvalue weighted by atomic mass is 10.2. The van der Waals surface area contributed by atoms with Gasteiger partial charge in [-0.3, -0.25) is 4.79 Å². The fourth-order valence-corrected chi connectivity index (χ4v) is 2.09. The molecule has 2 aromatic rings. The number of carbonyl (C=O) groups excluding carboxylic acids is 2. The van der Waals surface area contributed by atoms with Crippen LogP contribution in [0.15, 0.2) is 42.5 Å². The van der Waals surface area contributed by atoms with Gasteiger partial charge in [0.1, 0.15) is 17.1 Å². The Kier molecular flexibility index (Phi) is 5.65. The molecule has 0 spiro atoms. The van der Waals surface area contributed by atoms with Crippen LogP contribution in [0.2, 0.25) is 5.02 Å². The van der Waals surface area contributed by atoms with Crippen molar-refractivity contribution in [1.29, 1.82) is 0 Å². The summed E-state index contributed by atoms with van der Waals surface area (Å²) in [7, 11) is 1.44. The van der Waals surface area contributed by atoms with Gasteiger partial charge < -0.3 is 19.9 Å². The van der Waals surface area contributed by atoms with E-state index in [1.165, 1.54) is 32.2 Å². The number of carbonyl (C=O) groups is 2. The van der Waals surface area contributed by atoms with Gasteiger partial charge in [0, 0.05) is 16.8 Å². The second kappa shape index (κ2) is 7.70. The molecule has 0 unspecified atom stereocenters. The molecule has 0 radical (unpaired) electrons. The van der Waals surface area contributed by atoms with E-state index >= 15 is 0 Å². The molecular weight excluding hydrogens is 334 g/mol. The van der Waals surface area contributed by atoms with Crippen LogP contribution in [0.1, 0.15) is 17.3 Å². The zero-order valence-corrected chi connectivity index (χ0v) is 13.8. The normalized spacial score (nSPS) is 11.5. The molecule has 6 nitrogen and oxygen atoms in total. The van der Waals surface area contributed by atoms with E-state index in [4.69, 9.17) is 21.1 Å². The zero-order valence-electron chi connectivity index (χ0n) is 13.1. The number of amides is 1. The number of halogens is 1. The molecule has 2 N–H and O–H groups in total. The number of esters is 1. The van der Waals surface area contributed by atoms with Crippen LogP contribution in [0, 0.1) is 0 Å². The quantitative estimate of drug-likeness (QED) is 0.809. The molecule has 126 valence electrons. The largest absolute Gasteiger partial charge is 0.507 e. The highest BCUT2D eigenvalue weighted by Gasteiger charge is 2.21. The van der Waals surface area contributed by atoms with Crippen molar-refractivity contribution in [2.24, 2.45) is 0 Å². The van der Waals surface area contributed by atoms with Crippen molar-refractivity contribution in [1.82, 2.24) is 0 Å². The van der Waals surface area contributed by atoms with Crippen LogP contribution in [0.3, 0.4) is 0 Å². The molecule has 0 aliphatic carbocycles. The van der Waals surface area contributed by atoms with E-state index in [2.05, 4.69) is 5.32 Å². The summed E-state index contributed by atoms with van der Waals surface area (Å²) in [6, 6.07) is 10.7. The van der Waals surface area contributed by atoms with Crippen molar-refractivity contribution in [3.63, 3.8) is 0 Å². The summed E-state index contributed by atoms with van der Waals surface area (Å²) in [6.45, 7) is 1.43. The second-order valence-electron chi connectivity index (χ2n) is 4.93. The number of rotatable bonds is 5. The summed E-state index contributed by atoms with van der Waals surface area (Å²) in [5.74, 6) is -1.22. The van der Waals surface area contributed by atoms with Gasteiger partial charge in [0.05, 0.1) is 7.11 Å². The average molecular weight is 350 g/mol. The topological polar surface area (TPSA) is 84.9 Å². The lowest BCUT2D eigenvalue weighted by Gasteiger charge is -2.14. The van der Waals surface area contributed by atoms with Gasteiger partial charge in [-0.25, -0.2) is 4.79 Å². The van der Waals surface area contributed by atoms with Gasteiger partial charge in [0.15, 0.2) is 6.10 Å². The minimum atomic E-state index is -1.06. The Morgan fingerprint density at radius 2 is 1.96 bits per heavy atom. The molecule has 0 aliphatic rings. The van der Waals surface area contributed by atoms with Crippen molar-refractivity contribution in [2.75, 3.05) is 12.4 Å². The Hall–Kier alpha value is -2.73. The molecule has 0 saturated carbocycles. The van der Waals surface area contributed by atoms with E-state index in [0.29, 0.717) is 16.5 Å². The van der Waals surface area contributed by atoms with E-state index in [9.17, 15) is 14.7 Å². The molecule has 7 heteroatoms. The number of phenolic OH excluding ortho intramolecular Hbond substituents is 1. The third kappa shape index (κ3) is 4.39. The first-order valence-corrected chi connectivity index (χ1v) is 7.43. The van der Waals surface area contributed by atoms with Crippen molar-refractivity contribution in [2.45, 2.75) is 13.0 Å². The predicted octanol–water partition coefficient (Wildman–Crippen LogP) is 3.24. The lowest BCUT2D eigenvalue weighted by molar-refractivity contribution is -0.123. The number of methoxy groups -OCH3 is 1. The minimum Gasteiger partial charge on any atom is -0.507 e. The molecule has 1 amide bonds. The summed E-state index contributed by atoms with van der Waals surface area (Å²) >= 11 is 5.84. The predicted molar refractivity (Wildman–Crippen MR) is 89.6 cm³/mol. The minimum absolute atomic E-state index is 0.0572. The van der Waals surface area contributed by atoms with Crippen LogP contribution >= 0.6 is 11.6 Å². The molecule has 0 fully saturated rings. The van der Waals surface area contributed by atoms with Crippen molar-refractivity contribution in [3.8, 4) is 11.5 Å². The molecular formula is C17H16ClNO5. The smallest absolute Gasteiger partial charge is 0.342 e. The number of nitrogens with one attached hydrogen (secondary N) is 1. The number of anilines is 1. The number of phenols is 1. The number of hydrogen-bond donors (Lipinski definition) is 2. The Balaban J connectivity index is 2.01. The fraction of sp³-hybridized carbons (Fsp3) is 0.176.